The molecule has 0 bridgehead atoms. The van der Waals surface area contributed by atoms with Crippen LogP contribution in [0.3, 0.4) is 0 Å². The maximum Gasteiger partial charge on any atom is 0.158 e. The van der Waals surface area contributed by atoms with Crippen molar-refractivity contribution < 1.29 is 0 Å². The summed E-state index contributed by atoms with van der Waals surface area (Å²) in [6.07, 6.45) is 8.10. The van der Waals surface area contributed by atoms with Crippen LogP contribution in [0, 0.1) is 6.92 Å². The molecule has 0 aliphatic heterocycles. The van der Waals surface area contributed by atoms with Gasteiger partial charge in [0.25, 0.3) is 0 Å². The number of nitrogens with zero attached hydrogens (tertiary/aromatic N) is 4. The molecule has 0 aliphatic carbocycles. The molecule has 2 aromatic rings. The molecule has 2 aromatic heterocycles. The van der Waals surface area contributed by atoms with Crippen molar-refractivity contribution in [2.24, 2.45) is 7.05 Å². The second-order valence-corrected chi connectivity index (χ2v) is 6.77. The van der Waals surface area contributed by atoms with Gasteiger partial charge in [0.1, 0.15) is 11.3 Å². The van der Waals surface area contributed by atoms with E-state index >= 15 is 0 Å². The van der Waals surface area contributed by atoms with Crippen molar-refractivity contribution in [3.8, 4) is 0 Å². The zero-order valence-corrected chi connectivity index (χ0v) is 14.8. The number of unbranched alkanes of at least 4 members (excludes halogenated alkanes) is 3. The summed E-state index contributed by atoms with van der Waals surface area (Å²) in [6, 6.07) is 0. The molecule has 0 unspecified atom stereocenters. The van der Waals surface area contributed by atoms with Gasteiger partial charge in [0, 0.05) is 25.9 Å². The maximum absolute atomic E-state index is 5.92. The molecule has 0 spiro atoms. The van der Waals surface area contributed by atoms with E-state index in [0.717, 1.165) is 35.6 Å². The molecular formula is C15H25ClN4S. The van der Waals surface area contributed by atoms with E-state index in [-0.39, 0.29) is 0 Å². The van der Waals surface area contributed by atoms with Crippen molar-refractivity contribution in [2.45, 2.75) is 45.6 Å². The van der Waals surface area contributed by atoms with Crippen LogP contribution in [0.15, 0.2) is 0 Å². The lowest BCUT2D eigenvalue weighted by atomic mass is 10.2. The molecule has 0 atom stereocenters. The summed E-state index contributed by atoms with van der Waals surface area (Å²) in [5.41, 5.74) is 3.17. The third-order valence-corrected chi connectivity index (χ3v) is 4.65. The minimum absolute atomic E-state index is 0.615. The average Bonchev–Trinajstić information content (AvgIpc) is 2.94. The molecular weight excluding hydrogens is 304 g/mol. The second-order valence-electron chi connectivity index (χ2n) is 5.41. The summed E-state index contributed by atoms with van der Waals surface area (Å²) in [7, 11) is 2.00. The van der Waals surface area contributed by atoms with Crippen LogP contribution in [-0.4, -0.2) is 37.2 Å². The Labute approximate surface area is 136 Å². The first-order valence-electron chi connectivity index (χ1n) is 7.62. The number of imidazole rings is 1. The molecule has 0 aromatic carbocycles. The fourth-order valence-electron chi connectivity index (χ4n) is 2.76. The molecule has 118 valence electrons. The Hall–Kier alpha value is -0.680. The summed E-state index contributed by atoms with van der Waals surface area (Å²) in [4.78, 5) is 4.74. The smallest absolute Gasteiger partial charge is 0.158 e. The SMILES string of the molecule is CSCCCCCCn1c(CCCl)nc2c(C)nn(C)c21. The van der Waals surface area contributed by atoms with Crippen LogP contribution in [0.5, 0.6) is 0 Å². The summed E-state index contributed by atoms with van der Waals surface area (Å²) >= 11 is 7.85. The number of alkyl halides is 1. The third kappa shape index (κ3) is 3.95. The first-order chi connectivity index (χ1) is 10.2. The number of thioether (sulfide) groups is 1. The second kappa shape index (κ2) is 8.08. The van der Waals surface area contributed by atoms with Crippen molar-refractivity contribution in [1.82, 2.24) is 19.3 Å². The Bertz CT molecular complexity index is 576. The van der Waals surface area contributed by atoms with E-state index in [0.29, 0.717) is 5.88 Å². The molecule has 0 aliphatic rings. The molecule has 21 heavy (non-hydrogen) atoms. The van der Waals surface area contributed by atoms with Crippen LogP contribution < -0.4 is 0 Å². The molecule has 6 heteroatoms. The van der Waals surface area contributed by atoms with E-state index < -0.39 is 0 Å². The van der Waals surface area contributed by atoms with Gasteiger partial charge < -0.3 is 4.57 Å². The van der Waals surface area contributed by atoms with E-state index in [4.69, 9.17) is 16.6 Å². The van der Waals surface area contributed by atoms with Crippen LogP contribution in [0.4, 0.5) is 0 Å². The topological polar surface area (TPSA) is 35.6 Å². The van der Waals surface area contributed by atoms with Crippen LogP contribution in [0.2, 0.25) is 0 Å². The number of aromatic nitrogens is 4. The van der Waals surface area contributed by atoms with Crippen molar-refractivity contribution in [2.75, 3.05) is 17.9 Å². The first-order valence-corrected chi connectivity index (χ1v) is 9.55. The zero-order chi connectivity index (χ0) is 15.2. The normalized spacial score (nSPS) is 11.6. The minimum Gasteiger partial charge on any atom is -0.313 e. The molecule has 4 nitrogen and oxygen atoms in total. The first kappa shape index (κ1) is 16.7. The fraction of sp³-hybridized carbons (Fsp3) is 0.733. The highest BCUT2D eigenvalue weighted by Gasteiger charge is 2.16. The molecule has 2 rings (SSSR count). The lowest BCUT2D eigenvalue weighted by Gasteiger charge is -2.09. The molecule has 0 saturated carbocycles. The van der Waals surface area contributed by atoms with Gasteiger partial charge in [-0.05, 0) is 31.8 Å². The number of aryl methyl sites for hydroxylation is 4. The number of rotatable bonds is 9. The van der Waals surface area contributed by atoms with E-state index in [1.165, 1.54) is 31.4 Å². The van der Waals surface area contributed by atoms with Crippen LogP contribution >= 0.6 is 23.4 Å². The van der Waals surface area contributed by atoms with Gasteiger partial charge in [-0.2, -0.15) is 16.9 Å². The number of fused-ring (bicyclic) bond motifs is 1. The van der Waals surface area contributed by atoms with Crippen LogP contribution in [-0.2, 0) is 20.0 Å². The van der Waals surface area contributed by atoms with Crippen molar-refractivity contribution in [3.63, 3.8) is 0 Å². The Kier molecular flexibility index (Phi) is 6.42. The number of halogens is 1. The average molecular weight is 329 g/mol. The van der Waals surface area contributed by atoms with Gasteiger partial charge in [-0.25, -0.2) is 4.98 Å². The fourth-order valence-corrected chi connectivity index (χ4v) is 3.42. The molecule has 0 fully saturated rings. The summed E-state index contributed by atoms with van der Waals surface area (Å²) in [5.74, 6) is 2.98. The number of hydrogen-bond acceptors (Lipinski definition) is 3. The maximum atomic E-state index is 5.92. The monoisotopic (exact) mass is 328 g/mol. The van der Waals surface area contributed by atoms with Gasteiger partial charge in [-0.3, -0.25) is 4.68 Å². The van der Waals surface area contributed by atoms with Gasteiger partial charge in [-0.1, -0.05) is 12.8 Å². The van der Waals surface area contributed by atoms with Gasteiger partial charge in [0.2, 0.25) is 0 Å². The Morgan fingerprint density at radius 2 is 1.95 bits per heavy atom. The van der Waals surface area contributed by atoms with E-state index in [1.807, 2.05) is 30.4 Å². The lowest BCUT2D eigenvalue weighted by Crippen LogP contribution is -2.08. The summed E-state index contributed by atoms with van der Waals surface area (Å²) < 4.78 is 4.26. The van der Waals surface area contributed by atoms with E-state index in [1.54, 1.807) is 0 Å². The van der Waals surface area contributed by atoms with Crippen molar-refractivity contribution in [3.05, 3.63) is 11.5 Å². The largest absolute Gasteiger partial charge is 0.313 e. The van der Waals surface area contributed by atoms with E-state index in [2.05, 4.69) is 15.9 Å². The standard InChI is InChI=1S/C15H25ClN4S/c1-12-14-15(19(2)18-12)20(13(17-14)8-9-16)10-6-4-5-7-11-21-3/h4-11H2,1-3H3. The van der Waals surface area contributed by atoms with Gasteiger partial charge in [-0.15, -0.1) is 11.6 Å². The predicted molar refractivity (Wildman–Crippen MR) is 92.5 cm³/mol. The quantitative estimate of drug-likeness (QED) is 0.519. The summed E-state index contributed by atoms with van der Waals surface area (Å²) in [6.45, 7) is 3.04. The van der Waals surface area contributed by atoms with Crippen LogP contribution in [0.1, 0.15) is 37.2 Å². The third-order valence-electron chi connectivity index (χ3n) is 3.77. The van der Waals surface area contributed by atoms with Crippen LogP contribution in [0.25, 0.3) is 11.2 Å². The molecule has 0 N–H and O–H groups in total. The molecule has 0 radical (unpaired) electrons. The van der Waals surface area contributed by atoms with Crippen molar-refractivity contribution in [1.29, 1.82) is 0 Å². The Morgan fingerprint density at radius 1 is 1.19 bits per heavy atom. The minimum atomic E-state index is 0.615. The Balaban J connectivity index is 2.07. The highest BCUT2D eigenvalue weighted by Crippen LogP contribution is 2.20. The van der Waals surface area contributed by atoms with Gasteiger partial charge in [0.05, 0.1) is 5.69 Å². The highest BCUT2D eigenvalue weighted by atomic mass is 35.5. The lowest BCUT2D eigenvalue weighted by molar-refractivity contribution is 0.566. The molecule has 0 saturated heterocycles. The number of hydrogen-bond donors (Lipinski definition) is 0. The zero-order valence-electron chi connectivity index (χ0n) is 13.2. The van der Waals surface area contributed by atoms with Gasteiger partial charge in [0.15, 0.2) is 5.65 Å². The molecule has 2 heterocycles. The molecule has 0 amide bonds. The summed E-state index contributed by atoms with van der Waals surface area (Å²) in [5, 5.41) is 4.48. The van der Waals surface area contributed by atoms with Gasteiger partial charge >= 0.3 is 0 Å². The highest BCUT2D eigenvalue weighted by molar-refractivity contribution is 7.98. The van der Waals surface area contributed by atoms with E-state index in [9.17, 15) is 0 Å². The Morgan fingerprint density at radius 3 is 2.67 bits per heavy atom. The van der Waals surface area contributed by atoms with Crippen molar-refractivity contribution >= 4 is 34.5 Å². The predicted octanol–water partition coefficient (Wildman–Crippen LogP) is 3.78.